The van der Waals surface area contributed by atoms with Crippen LogP contribution < -0.4 is 10.3 Å². The fraction of sp³-hybridized carbons (Fsp3) is 0.395. The Kier molecular flexibility index (Phi) is 8.62. The van der Waals surface area contributed by atoms with E-state index in [1.807, 2.05) is 0 Å². The van der Waals surface area contributed by atoms with Crippen LogP contribution in [0.5, 0.6) is 5.75 Å². The molecule has 0 bridgehead atoms. The number of aromatic nitrogens is 2. The van der Waals surface area contributed by atoms with Crippen LogP contribution in [0.1, 0.15) is 97.2 Å². The Morgan fingerprint density at radius 2 is 1.69 bits per heavy atom. The summed E-state index contributed by atoms with van der Waals surface area (Å²) in [6.45, 7) is 0.362. The SMILES string of the molecule is O=C(C(O)c1cccc(-c2cccc(OC(F)(F)F)c2)c1)N1CCCc2nc(C3(c4cccc(C5CCCCC5)c4)CC3)[nH]c(=O)c2C1. The second kappa shape index (κ2) is 12.9. The first-order valence-electron chi connectivity index (χ1n) is 16.8. The van der Waals surface area contributed by atoms with Gasteiger partial charge < -0.3 is 19.7 Å². The molecule has 0 radical (unpaired) electrons. The van der Waals surface area contributed by atoms with Crippen LogP contribution in [-0.2, 0) is 23.2 Å². The maximum atomic E-state index is 13.6. The number of amides is 1. The van der Waals surface area contributed by atoms with Gasteiger partial charge in [-0.25, -0.2) is 4.98 Å². The molecule has 1 unspecified atom stereocenters. The van der Waals surface area contributed by atoms with Gasteiger partial charge in [0.05, 0.1) is 23.2 Å². The van der Waals surface area contributed by atoms with E-state index in [0.717, 1.165) is 12.8 Å². The first kappa shape index (κ1) is 32.1. The largest absolute Gasteiger partial charge is 0.573 e. The molecule has 7 nitrogen and oxygen atoms in total. The average Bonchev–Trinajstić information content (AvgIpc) is 3.93. The number of aliphatic hydroxyl groups excluding tert-OH is 1. The first-order chi connectivity index (χ1) is 23.1. The zero-order chi connectivity index (χ0) is 33.5. The minimum atomic E-state index is -4.83. The van der Waals surface area contributed by atoms with Crippen molar-refractivity contribution < 1.29 is 27.8 Å². The Labute approximate surface area is 276 Å². The zero-order valence-electron chi connectivity index (χ0n) is 26.6. The number of rotatable bonds is 7. The topological polar surface area (TPSA) is 95.5 Å². The van der Waals surface area contributed by atoms with Crippen molar-refractivity contribution in [1.29, 1.82) is 0 Å². The highest BCUT2D eigenvalue weighted by molar-refractivity contribution is 5.83. The smallest absolute Gasteiger partial charge is 0.406 e. The third-order valence-corrected chi connectivity index (χ3v) is 10.2. The summed E-state index contributed by atoms with van der Waals surface area (Å²) in [5.41, 5.74) is 4.36. The van der Waals surface area contributed by atoms with Gasteiger partial charge in [-0.3, -0.25) is 9.59 Å². The molecule has 2 fully saturated rings. The highest BCUT2D eigenvalue weighted by Gasteiger charge is 2.49. The van der Waals surface area contributed by atoms with Gasteiger partial charge in [0, 0.05) is 6.54 Å². The van der Waals surface area contributed by atoms with Crippen molar-refractivity contribution in [2.45, 2.75) is 88.1 Å². The van der Waals surface area contributed by atoms with Crippen molar-refractivity contribution in [3.63, 3.8) is 0 Å². The van der Waals surface area contributed by atoms with Crippen LogP contribution in [0.2, 0.25) is 0 Å². The predicted molar refractivity (Wildman–Crippen MR) is 174 cm³/mol. The molecular weight excluding hydrogens is 619 g/mol. The number of hydrogen-bond acceptors (Lipinski definition) is 5. The third-order valence-electron chi connectivity index (χ3n) is 10.2. The number of aryl methyl sites for hydroxylation is 1. The Bertz CT molecular complexity index is 1880. The van der Waals surface area contributed by atoms with Crippen molar-refractivity contribution in [2.24, 2.45) is 0 Å². The summed E-state index contributed by atoms with van der Waals surface area (Å²) in [5, 5.41) is 11.2. The molecule has 0 saturated heterocycles. The minimum absolute atomic E-state index is 0.0223. The fourth-order valence-corrected chi connectivity index (χ4v) is 7.43. The van der Waals surface area contributed by atoms with Gasteiger partial charge in [0.2, 0.25) is 0 Å². The number of nitrogens with one attached hydrogen (secondary N) is 1. The van der Waals surface area contributed by atoms with Crippen LogP contribution in [0, 0.1) is 0 Å². The lowest BCUT2D eigenvalue weighted by Crippen LogP contribution is -2.36. The second-order valence-electron chi connectivity index (χ2n) is 13.3. The summed E-state index contributed by atoms with van der Waals surface area (Å²) in [6, 6.07) is 20.8. The quantitative estimate of drug-likeness (QED) is 0.215. The lowest BCUT2D eigenvalue weighted by molar-refractivity contribution is -0.274. The van der Waals surface area contributed by atoms with Gasteiger partial charge in [0.15, 0.2) is 6.10 Å². The molecule has 2 aliphatic carbocycles. The zero-order valence-corrected chi connectivity index (χ0v) is 26.6. The highest BCUT2D eigenvalue weighted by atomic mass is 19.4. The van der Waals surface area contributed by atoms with E-state index in [1.165, 1.54) is 66.3 Å². The number of alkyl halides is 3. The average molecular weight is 658 g/mol. The van der Waals surface area contributed by atoms with Gasteiger partial charge in [-0.15, -0.1) is 13.2 Å². The van der Waals surface area contributed by atoms with E-state index in [1.54, 1.807) is 30.3 Å². The number of carbonyl (C=O) groups excluding carboxylic acids is 1. The van der Waals surface area contributed by atoms with Crippen LogP contribution in [-0.4, -0.2) is 38.8 Å². The Morgan fingerprint density at radius 3 is 2.44 bits per heavy atom. The summed E-state index contributed by atoms with van der Waals surface area (Å²) in [5.74, 6) is 0.343. The number of hydrogen-bond donors (Lipinski definition) is 2. The first-order valence-corrected chi connectivity index (χ1v) is 16.8. The van der Waals surface area contributed by atoms with E-state index in [9.17, 15) is 27.9 Å². The normalized spacial score (nSPS) is 18.5. The maximum absolute atomic E-state index is 13.6. The van der Waals surface area contributed by atoms with E-state index >= 15 is 0 Å². The van der Waals surface area contributed by atoms with Gasteiger partial charge in [-0.1, -0.05) is 73.9 Å². The highest BCUT2D eigenvalue weighted by Crippen LogP contribution is 2.52. The molecule has 2 saturated carbocycles. The number of benzene rings is 3. The summed E-state index contributed by atoms with van der Waals surface area (Å²) in [7, 11) is 0. The van der Waals surface area contributed by atoms with Gasteiger partial charge in [-0.2, -0.15) is 0 Å². The molecule has 48 heavy (non-hydrogen) atoms. The van der Waals surface area contributed by atoms with Gasteiger partial charge >= 0.3 is 6.36 Å². The van der Waals surface area contributed by atoms with Crippen LogP contribution in [0.25, 0.3) is 11.1 Å². The Hall–Kier alpha value is -4.44. The molecule has 2 heterocycles. The minimum Gasteiger partial charge on any atom is -0.406 e. The standard InChI is InChI=1S/C38H38F3N3O4/c39-38(40,41)48-30-15-6-12-27(22-30)25-10-4-13-28(20-25)33(45)35(47)44-19-7-16-32-31(23-44)34(46)43-36(42-32)37(17-18-37)29-14-5-11-26(21-29)24-8-2-1-3-9-24/h4-6,10-15,20-22,24,33,45H,1-3,7-9,16-19,23H2,(H,42,43,46). The Morgan fingerprint density at radius 1 is 0.958 bits per heavy atom. The molecule has 250 valence electrons. The van der Waals surface area contributed by atoms with Crippen LogP contribution in [0.15, 0.2) is 77.6 Å². The predicted octanol–water partition coefficient (Wildman–Crippen LogP) is 7.47. The molecule has 2 N–H and O–H groups in total. The van der Waals surface area contributed by atoms with E-state index in [2.05, 4.69) is 34.0 Å². The monoisotopic (exact) mass is 657 g/mol. The number of ether oxygens (including phenoxy) is 1. The molecule has 7 rings (SSSR count). The van der Waals surface area contributed by atoms with Crippen molar-refractivity contribution in [3.05, 3.63) is 117 Å². The van der Waals surface area contributed by atoms with E-state index in [-0.39, 0.29) is 28.8 Å². The number of fused-ring (bicyclic) bond motifs is 1. The lowest BCUT2D eigenvalue weighted by Gasteiger charge is -2.25. The summed E-state index contributed by atoms with van der Waals surface area (Å²) in [4.78, 5) is 36.8. The Balaban J connectivity index is 1.09. The van der Waals surface area contributed by atoms with Crippen molar-refractivity contribution in [1.82, 2.24) is 14.9 Å². The molecule has 3 aromatic carbocycles. The van der Waals surface area contributed by atoms with E-state index in [4.69, 9.17) is 4.98 Å². The molecule has 10 heteroatoms. The van der Waals surface area contributed by atoms with Crippen molar-refractivity contribution >= 4 is 5.91 Å². The van der Waals surface area contributed by atoms with Crippen LogP contribution in [0.4, 0.5) is 13.2 Å². The summed E-state index contributed by atoms with van der Waals surface area (Å²) >= 11 is 0. The molecule has 3 aliphatic rings. The number of aromatic amines is 1. The van der Waals surface area contributed by atoms with Gasteiger partial charge in [0.1, 0.15) is 11.6 Å². The van der Waals surface area contributed by atoms with E-state index < -0.39 is 18.4 Å². The number of nitrogens with zero attached hydrogens (tertiary/aromatic N) is 2. The summed E-state index contributed by atoms with van der Waals surface area (Å²) in [6.07, 6.45) is 2.86. The van der Waals surface area contributed by atoms with E-state index in [0.29, 0.717) is 53.5 Å². The maximum Gasteiger partial charge on any atom is 0.573 e. The molecule has 1 aliphatic heterocycles. The number of aliphatic hydroxyl groups is 1. The molecule has 1 amide bonds. The lowest BCUT2D eigenvalue weighted by atomic mass is 9.82. The molecule has 1 atom stereocenters. The second-order valence-corrected chi connectivity index (χ2v) is 13.3. The molecule has 0 spiro atoms. The van der Waals surface area contributed by atoms with Crippen molar-refractivity contribution in [2.75, 3.05) is 6.54 Å². The number of H-pyrrole nitrogens is 1. The van der Waals surface area contributed by atoms with Gasteiger partial charge in [0.25, 0.3) is 11.5 Å². The molecule has 1 aromatic heterocycles. The number of halogens is 3. The van der Waals surface area contributed by atoms with Crippen LogP contribution >= 0.6 is 0 Å². The molecular formula is C38H38F3N3O4. The third kappa shape index (κ3) is 6.63. The summed E-state index contributed by atoms with van der Waals surface area (Å²) < 4.78 is 42.3. The fourth-order valence-electron chi connectivity index (χ4n) is 7.43. The molecule has 4 aromatic rings. The van der Waals surface area contributed by atoms with Gasteiger partial charge in [-0.05, 0) is 90.5 Å². The van der Waals surface area contributed by atoms with Crippen LogP contribution in [0.3, 0.4) is 0 Å². The van der Waals surface area contributed by atoms with Crippen molar-refractivity contribution in [3.8, 4) is 16.9 Å². The number of carbonyl (C=O) groups is 1.